The number of aryl methyl sites for hydroxylation is 2. The first-order valence-corrected chi connectivity index (χ1v) is 11.0. The molecule has 0 amide bonds. The van der Waals surface area contributed by atoms with Crippen molar-refractivity contribution in [3.8, 4) is 11.5 Å². The molecule has 1 unspecified atom stereocenters. The fourth-order valence-electron chi connectivity index (χ4n) is 4.18. The van der Waals surface area contributed by atoms with E-state index in [1.54, 1.807) is 12.1 Å². The van der Waals surface area contributed by atoms with Crippen LogP contribution in [0, 0.1) is 12.8 Å². The van der Waals surface area contributed by atoms with E-state index < -0.39 is 12.3 Å². The quantitative estimate of drug-likeness (QED) is 0.509. The molecule has 0 aromatic heterocycles. The third-order valence-electron chi connectivity index (χ3n) is 5.70. The fourth-order valence-corrected chi connectivity index (χ4v) is 4.18. The zero-order chi connectivity index (χ0) is 25.0. The highest BCUT2D eigenvalue weighted by molar-refractivity contribution is 5.67. The van der Waals surface area contributed by atoms with E-state index in [2.05, 4.69) is 18.6 Å². The van der Waals surface area contributed by atoms with Gasteiger partial charge in [0.15, 0.2) is 0 Å². The van der Waals surface area contributed by atoms with Crippen LogP contribution in [0.25, 0.3) is 0 Å². The highest BCUT2D eigenvalue weighted by Gasteiger charge is 2.34. The molecule has 1 atom stereocenters. The maximum atomic E-state index is 12.5. The normalized spacial score (nSPS) is 16.6. The van der Waals surface area contributed by atoms with Gasteiger partial charge in [-0.3, -0.25) is 9.80 Å². The summed E-state index contributed by atoms with van der Waals surface area (Å²) in [5.74, 6) is -0.149. The van der Waals surface area contributed by atoms with Gasteiger partial charge in [-0.15, -0.1) is 13.2 Å². The van der Waals surface area contributed by atoms with Crippen LogP contribution in [0.5, 0.6) is 11.5 Å². The average Bonchev–Trinajstić information content (AvgIpc) is 3.07. The number of carbonyl (C=O) groups is 1. The number of carboxylic acids is 1. The van der Waals surface area contributed by atoms with E-state index in [9.17, 15) is 18.0 Å². The Kier molecular flexibility index (Phi) is 7.76. The third-order valence-corrected chi connectivity index (χ3v) is 5.70. The maximum absolute atomic E-state index is 12.5. The lowest BCUT2D eigenvalue weighted by molar-refractivity contribution is -0.274. The number of hydrazine groups is 1. The predicted molar refractivity (Wildman–Crippen MR) is 123 cm³/mol. The molecular formula is C25H29F3N2O4. The first-order chi connectivity index (χ1) is 15.9. The molecule has 3 rings (SSSR count). The molecule has 34 heavy (non-hydrogen) atoms. The molecule has 0 fully saturated rings. The van der Waals surface area contributed by atoms with Crippen molar-refractivity contribution in [3.63, 3.8) is 0 Å². The monoisotopic (exact) mass is 478 g/mol. The van der Waals surface area contributed by atoms with Crippen LogP contribution in [0.4, 0.5) is 18.9 Å². The van der Waals surface area contributed by atoms with Crippen molar-refractivity contribution in [1.29, 1.82) is 0 Å². The minimum absolute atomic E-state index is 0.0436. The molecule has 0 radical (unpaired) electrons. The molecule has 1 aliphatic rings. The van der Waals surface area contributed by atoms with E-state index in [1.807, 2.05) is 48.4 Å². The van der Waals surface area contributed by atoms with Crippen molar-refractivity contribution in [2.75, 3.05) is 18.7 Å². The van der Waals surface area contributed by atoms with Gasteiger partial charge in [0.2, 0.25) is 0 Å². The van der Waals surface area contributed by atoms with Gasteiger partial charge in [0.25, 0.3) is 0 Å². The maximum Gasteiger partial charge on any atom is 0.573 e. The molecule has 0 bridgehead atoms. The van der Waals surface area contributed by atoms with Crippen LogP contribution in [0.2, 0.25) is 0 Å². The Morgan fingerprint density at radius 2 is 1.76 bits per heavy atom. The zero-order valence-corrected chi connectivity index (χ0v) is 19.6. The topological polar surface area (TPSA) is 62.2 Å². The minimum atomic E-state index is -4.73. The van der Waals surface area contributed by atoms with Gasteiger partial charge in [-0.1, -0.05) is 19.9 Å². The Balaban J connectivity index is 1.73. The molecular weight excluding hydrogens is 449 g/mol. The number of halogens is 3. The Hall–Kier alpha value is -3.20. The number of hydrogen-bond donors (Lipinski definition) is 1. The minimum Gasteiger partial charge on any atom is -0.489 e. The number of carboxylic acid groups (broad SMARTS) is 1. The summed E-state index contributed by atoms with van der Waals surface area (Å²) >= 11 is 0. The second kappa shape index (κ2) is 10.4. The van der Waals surface area contributed by atoms with Crippen molar-refractivity contribution >= 4 is 11.7 Å². The predicted octanol–water partition coefficient (Wildman–Crippen LogP) is 5.57. The largest absolute Gasteiger partial charge is 0.573 e. The smallest absolute Gasteiger partial charge is 0.489 e. The van der Waals surface area contributed by atoms with Gasteiger partial charge in [0, 0.05) is 25.2 Å². The third kappa shape index (κ3) is 6.44. The van der Waals surface area contributed by atoms with Gasteiger partial charge in [-0.05, 0) is 66.8 Å². The highest BCUT2D eigenvalue weighted by Crippen LogP contribution is 2.33. The second-order valence-corrected chi connectivity index (χ2v) is 8.62. The number of anilines is 1. The van der Waals surface area contributed by atoms with Gasteiger partial charge >= 0.3 is 12.3 Å². The lowest BCUT2D eigenvalue weighted by atomic mass is 9.98. The number of likely N-dealkylation sites (N-methyl/N-ethyl adjacent to an activating group) is 1. The molecule has 0 aliphatic carbocycles. The number of rotatable bonds is 9. The van der Waals surface area contributed by atoms with E-state index in [1.165, 1.54) is 12.1 Å². The standard InChI is InChI=1S/C25H29F3N2O4/c1-16(2)24-19(15-33-22-9-5-18(17(3)13-22)6-12-23(31)32)14-30(29(24)4)20-7-10-21(11-8-20)34-25(26,27)28/h5,7-11,13-14,16,24H,6,12,15H2,1-4H3,(H,31,32). The summed E-state index contributed by atoms with van der Waals surface area (Å²) < 4.78 is 47.4. The van der Waals surface area contributed by atoms with Crippen molar-refractivity contribution in [2.24, 2.45) is 5.92 Å². The molecule has 1 heterocycles. The number of aliphatic carboxylic acids is 1. The number of benzene rings is 2. The van der Waals surface area contributed by atoms with E-state index in [4.69, 9.17) is 9.84 Å². The molecule has 6 nitrogen and oxygen atoms in total. The number of ether oxygens (including phenoxy) is 2. The molecule has 0 saturated carbocycles. The van der Waals surface area contributed by atoms with E-state index in [0.717, 1.165) is 16.7 Å². The second-order valence-electron chi connectivity index (χ2n) is 8.62. The van der Waals surface area contributed by atoms with E-state index in [-0.39, 0.29) is 24.1 Å². The number of alkyl halides is 3. The van der Waals surface area contributed by atoms with Crippen LogP contribution in [0.3, 0.4) is 0 Å². The summed E-state index contributed by atoms with van der Waals surface area (Å²) in [4.78, 5) is 10.8. The van der Waals surface area contributed by atoms with E-state index in [0.29, 0.717) is 24.5 Å². The van der Waals surface area contributed by atoms with Gasteiger partial charge in [-0.2, -0.15) is 0 Å². The van der Waals surface area contributed by atoms with Crippen LogP contribution in [-0.2, 0) is 11.2 Å². The Bertz CT molecular complexity index is 1040. The van der Waals surface area contributed by atoms with Crippen molar-refractivity contribution in [1.82, 2.24) is 5.01 Å². The average molecular weight is 479 g/mol. The van der Waals surface area contributed by atoms with Crippen LogP contribution >= 0.6 is 0 Å². The van der Waals surface area contributed by atoms with Gasteiger partial charge in [0.1, 0.15) is 18.1 Å². The summed E-state index contributed by atoms with van der Waals surface area (Å²) in [6.07, 6.45) is -2.24. The molecule has 2 aromatic carbocycles. The fraction of sp³-hybridized carbons (Fsp3) is 0.400. The molecule has 9 heteroatoms. The number of hydrogen-bond acceptors (Lipinski definition) is 5. The molecule has 0 spiro atoms. The van der Waals surface area contributed by atoms with Crippen LogP contribution in [0.15, 0.2) is 54.2 Å². The first kappa shape index (κ1) is 25.4. The van der Waals surface area contributed by atoms with E-state index >= 15 is 0 Å². The van der Waals surface area contributed by atoms with Crippen LogP contribution in [0.1, 0.15) is 31.4 Å². The van der Waals surface area contributed by atoms with Gasteiger partial charge in [-0.25, -0.2) is 5.01 Å². The summed E-state index contributed by atoms with van der Waals surface area (Å²) in [7, 11) is 1.93. The zero-order valence-electron chi connectivity index (χ0n) is 19.6. The summed E-state index contributed by atoms with van der Waals surface area (Å²) in [6.45, 7) is 6.46. The van der Waals surface area contributed by atoms with Crippen molar-refractivity contribution in [3.05, 3.63) is 65.4 Å². The Labute approximate surface area is 197 Å². The first-order valence-electron chi connectivity index (χ1n) is 11.0. The molecule has 184 valence electrons. The highest BCUT2D eigenvalue weighted by atomic mass is 19.4. The molecule has 2 aromatic rings. The Morgan fingerprint density at radius 1 is 1.12 bits per heavy atom. The summed E-state index contributed by atoms with van der Waals surface area (Å²) in [6, 6.07) is 11.4. The number of nitrogens with zero attached hydrogens (tertiary/aromatic N) is 2. The van der Waals surface area contributed by atoms with Crippen molar-refractivity contribution < 1.29 is 32.5 Å². The summed E-state index contributed by atoms with van der Waals surface area (Å²) in [5, 5.41) is 12.8. The van der Waals surface area contributed by atoms with Crippen LogP contribution in [-0.4, -0.2) is 42.1 Å². The molecule has 0 saturated heterocycles. The summed E-state index contributed by atoms with van der Waals surface area (Å²) in [5.41, 5.74) is 3.68. The molecule has 1 N–H and O–H groups in total. The van der Waals surface area contributed by atoms with Crippen LogP contribution < -0.4 is 14.5 Å². The Morgan fingerprint density at radius 3 is 2.32 bits per heavy atom. The van der Waals surface area contributed by atoms with Gasteiger partial charge < -0.3 is 14.6 Å². The SMILES string of the molecule is Cc1cc(OCC2=CN(c3ccc(OC(F)(F)F)cc3)N(C)C2C(C)C)ccc1CCC(=O)O. The lowest BCUT2D eigenvalue weighted by Gasteiger charge is -2.33. The molecule has 1 aliphatic heterocycles. The van der Waals surface area contributed by atoms with Gasteiger partial charge in [0.05, 0.1) is 11.7 Å². The lowest BCUT2D eigenvalue weighted by Crippen LogP contribution is -2.41. The van der Waals surface area contributed by atoms with Crippen molar-refractivity contribution in [2.45, 2.75) is 46.0 Å².